The van der Waals surface area contributed by atoms with Crippen LogP contribution in [0.15, 0.2) is 0 Å². The van der Waals surface area contributed by atoms with Crippen LogP contribution in [-0.2, 0) is 0 Å². The molecule has 1 nitrogen and oxygen atoms in total. The molecular weight excluding hydrogens is 218 g/mol. The minimum atomic E-state index is 0.592. The van der Waals surface area contributed by atoms with Crippen LogP contribution in [0.3, 0.4) is 0 Å². The van der Waals surface area contributed by atoms with Crippen LogP contribution in [0.5, 0.6) is 0 Å². The molecule has 0 aromatic heterocycles. The van der Waals surface area contributed by atoms with Gasteiger partial charge in [0.2, 0.25) is 0 Å². The number of hydrogen-bond donors (Lipinski definition) is 1. The van der Waals surface area contributed by atoms with E-state index in [0.717, 1.165) is 18.0 Å². The Morgan fingerprint density at radius 2 is 1.72 bits per heavy atom. The van der Waals surface area contributed by atoms with Crippen LogP contribution < -0.4 is 5.32 Å². The Morgan fingerprint density at radius 3 is 2.50 bits per heavy atom. The average Bonchev–Trinajstić information content (AvgIpc) is 2.51. The zero-order valence-electron chi connectivity index (χ0n) is 12.8. The first-order chi connectivity index (χ1) is 8.59. The molecule has 0 aromatic rings. The van der Waals surface area contributed by atoms with Gasteiger partial charge in [-0.1, -0.05) is 46.5 Å². The summed E-state index contributed by atoms with van der Waals surface area (Å²) in [6.45, 7) is 7.26. The van der Waals surface area contributed by atoms with E-state index in [9.17, 15) is 0 Å². The second kappa shape index (κ2) is 6.41. The summed E-state index contributed by atoms with van der Waals surface area (Å²) >= 11 is 0. The standard InChI is InChI=1S/C17H33N/c1-4-14-7-5-8-16(13-14)18-15-9-6-11-17(2,3)12-10-15/h14-16,18H,4-13H2,1-3H3. The van der Waals surface area contributed by atoms with Crippen LogP contribution in [0.1, 0.15) is 85.0 Å². The second-order valence-corrected chi connectivity index (χ2v) is 7.60. The third kappa shape index (κ3) is 4.26. The SMILES string of the molecule is CCC1CCCC(NC2CCCC(C)(C)CC2)C1. The van der Waals surface area contributed by atoms with Crippen molar-refractivity contribution in [1.29, 1.82) is 0 Å². The molecule has 3 atom stereocenters. The first-order valence-electron chi connectivity index (χ1n) is 8.35. The molecule has 18 heavy (non-hydrogen) atoms. The van der Waals surface area contributed by atoms with Gasteiger partial charge in [0, 0.05) is 12.1 Å². The molecule has 0 saturated heterocycles. The summed E-state index contributed by atoms with van der Waals surface area (Å²) in [6.07, 6.45) is 14.3. The highest BCUT2D eigenvalue weighted by atomic mass is 15.0. The maximum absolute atomic E-state index is 4.00. The summed E-state index contributed by atoms with van der Waals surface area (Å²) in [5, 5.41) is 4.00. The summed E-state index contributed by atoms with van der Waals surface area (Å²) in [6, 6.07) is 1.64. The Hall–Kier alpha value is -0.0400. The molecule has 0 bridgehead atoms. The number of rotatable bonds is 3. The average molecular weight is 251 g/mol. The Kier molecular flexibility index (Phi) is 5.12. The van der Waals surface area contributed by atoms with E-state index in [0.29, 0.717) is 5.41 Å². The van der Waals surface area contributed by atoms with Crippen LogP contribution in [0.2, 0.25) is 0 Å². The van der Waals surface area contributed by atoms with Gasteiger partial charge in [-0.3, -0.25) is 0 Å². The van der Waals surface area contributed by atoms with Crippen molar-refractivity contribution in [3.05, 3.63) is 0 Å². The van der Waals surface area contributed by atoms with Gasteiger partial charge in [-0.2, -0.15) is 0 Å². The van der Waals surface area contributed by atoms with Gasteiger partial charge in [0.25, 0.3) is 0 Å². The van der Waals surface area contributed by atoms with Gasteiger partial charge < -0.3 is 5.32 Å². The molecule has 0 spiro atoms. The molecule has 2 saturated carbocycles. The Balaban J connectivity index is 1.78. The zero-order valence-corrected chi connectivity index (χ0v) is 12.8. The van der Waals surface area contributed by atoms with Crippen molar-refractivity contribution in [2.75, 3.05) is 0 Å². The van der Waals surface area contributed by atoms with Gasteiger partial charge in [-0.15, -0.1) is 0 Å². The lowest BCUT2D eigenvalue weighted by molar-refractivity contribution is 0.250. The van der Waals surface area contributed by atoms with Gasteiger partial charge in [0.1, 0.15) is 0 Å². The third-order valence-corrected chi connectivity index (χ3v) is 5.41. The molecule has 0 aliphatic heterocycles. The molecule has 3 unspecified atom stereocenters. The van der Waals surface area contributed by atoms with Crippen molar-refractivity contribution in [3.63, 3.8) is 0 Å². The van der Waals surface area contributed by atoms with Crippen LogP contribution in [0.25, 0.3) is 0 Å². The van der Waals surface area contributed by atoms with E-state index in [1.807, 2.05) is 0 Å². The lowest BCUT2D eigenvalue weighted by atomic mass is 9.83. The molecule has 2 fully saturated rings. The lowest BCUT2D eigenvalue weighted by Gasteiger charge is -2.32. The van der Waals surface area contributed by atoms with E-state index in [2.05, 4.69) is 26.1 Å². The van der Waals surface area contributed by atoms with Crippen molar-refractivity contribution < 1.29 is 0 Å². The number of nitrogens with one attached hydrogen (secondary N) is 1. The van der Waals surface area contributed by atoms with E-state index in [1.54, 1.807) is 0 Å². The first kappa shape index (κ1) is 14.4. The first-order valence-corrected chi connectivity index (χ1v) is 8.35. The summed E-state index contributed by atoms with van der Waals surface area (Å²) in [5.74, 6) is 0.999. The minimum absolute atomic E-state index is 0.592. The molecule has 0 heterocycles. The third-order valence-electron chi connectivity index (χ3n) is 5.41. The quantitative estimate of drug-likeness (QED) is 0.703. The van der Waals surface area contributed by atoms with Crippen molar-refractivity contribution in [2.24, 2.45) is 11.3 Å². The molecule has 0 radical (unpaired) electrons. The van der Waals surface area contributed by atoms with Crippen molar-refractivity contribution in [3.8, 4) is 0 Å². The monoisotopic (exact) mass is 251 g/mol. The van der Waals surface area contributed by atoms with Gasteiger partial charge in [0.05, 0.1) is 0 Å². The summed E-state index contributed by atoms with van der Waals surface area (Å²) in [4.78, 5) is 0. The fourth-order valence-electron chi connectivity index (χ4n) is 3.97. The van der Waals surface area contributed by atoms with Crippen LogP contribution in [-0.4, -0.2) is 12.1 Å². The lowest BCUT2D eigenvalue weighted by Crippen LogP contribution is -2.41. The fraction of sp³-hybridized carbons (Fsp3) is 1.00. The molecule has 0 aromatic carbocycles. The highest BCUT2D eigenvalue weighted by Crippen LogP contribution is 2.34. The van der Waals surface area contributed by atoms with Crippen LogP contribution in [0.4, 0.5) is 0 Å². The van der Waals surface area contributed by atoms with Crippen LogP contribution in [0, 0.1) is 11.3 Å². The maximum Gasteiger partial charge on any atom is 0.00722 e. The molecule has 0 amide bonds. The summed E-state index contributed by atoms with van der Waals surface area (Å²) in [5.41, 5.74) is 0.592. The second-order valence-electron chi connectivity index (χ2n) is 7.60. The topological polar surface area (TPSA) is 12.0 Å². The number of hydrogen-bond acceptors (Lipinski definition) is 1. The van der Waals surface area contributed by atoms with Gasteiger partial charge in [-0.05, 0) is 49.9 Å². The summed E-state index contributed by atoms with van der Waals surface area (Å²) < 4.78 is 0. The molecule has 1 heteroatoms. The Morgan fingerprint density at radius 1 is 0.944 bits per heavy atom. The Labute approximate surface area is 114 Å². The Bertz CT molecular complexity index is 246. The van der Waals surface area contributed by atoms with Gasteiger partial charge in [0.15, 0.2) is 0 Å². The van der Waals surface area contributed by atoms with Crippen LogP contribution >= 0.6 is 0 Å². The maximum atomic E-state index is 4.00. The van der Waals surface area contributed by atoms with Gasteiger partial charge >= 0.3 is 0 Å². The molecular formula is C17H33N. The largest absolute Gasteiger partial charge is 0.311 e. The highest BCUT2D eigenvalue weighted by molar-refractivity contribution is 4.84. The van der Waals surface area contributed by atoms with E-state index in [4.69, 9.17) is 0 Å². The molecule has 1 N–H and O–H groups in total. The van der Waals surface area contributed by atoms with E-state index < -0.39 is 0 Å². The van der Waals surface area contributed by atoms with E-state index >= 15 is 0 Å². The van der Waals surface area contributed by atoms with E-state index in [-0.39, 0.29) is 0 Å². The predicted octanol–water partition coefficient (Wildman–Crippen LogP) is 4.90. The normalized spacial score (nSPS) is 37.2. The molecule has 2 rings (SSSR count). The predicted molar refractivity (Wildman–Crippen MR) is 79.8 cm³/mol. The van der Waals surface area contributed by atoms with Crippen molar-refractivity contribution in [1.82, 2.24) is 5.32 Å². The van der Waals surface area contributed by atoms with Gasteiger partial charge in [-0.25, -0.2) is 0 Å². The summed E-state index contributed by atoms with van der Waals surface area (Å²) in [7, 11) is 0. The highest BCUT2D eigenvalue weighted by Gasteiger charge is 2.27. The smallest absolute Gasteiger partial charge is 0.00722 e. The van der Waals surface area contributed by atoms with Crippen molar-refractivity contribution >= 4 is 0 Å². The minimum Gasteiger partial charge on any atom is -0.311 e. The fourth-order valence-corrected chi connectivity index (χ4v) is 3.97. The zero-order chi connectivity index (χ0) is 13.0. The molecule has 2 aliphatic carbocycles. The van der Waals surface area contributed by atoms with Crippen molar-refractivity contribution in [2.45, 2.75) is 97.1 Å². The van der Waals surface area contributed by atoms with E-state index in [1.165, 1.54) is 64.2 Å². The molecule has 2 aliphatic rings. The molecule has 106 valence electrons.